The van der Waals surface area contributed by atoms with Gasteiger partial charge in [-0.1, -0.05) is 0 Å². The summed E-state index contributed by atoms with van der Waals surface area (Å²) in [6.45, 7) is 1.86. The number of aromatic nitrogens is 2. The maximum Gasteiger partial charge on any atom is 0.351 e. The summed E-state index contributed by atoms with van der Waals surface area (Å²) in [6.07, 6.45) is -0.611. The van der Waals surface area contributed by atoms with E-state index >= 15 is 0 Å². The van der Waals surface area contributed by atoms with Crippen molar-refractivity contribution in [3.8, 4) is 5.75 Å². The molecule has 1 aromatic rings. The summed E-state index contributed by atoms with van der Waals surface area (Å²) in [5.41, 5.74) is 4.99. The molecule has 1 fully saturated rings. The molecule has 0 unspecified atom stereocenters. The zero-order chi connectivity index (χ0) is 14.0. The number of nitrogens with two attached hydrogens (primary N) is 1. The van der Waals surface area contributed by atoms with Gasteiger partial charge in [0.05, 0.1) is 25.5 Å². The smallest absolute Gasteiger partial charge is 0.351 e. The first-order chi connectivity index (χ1) is 9.06. The second kappa shape index (κ2) is 5.55. The summed E-state index contributed by atoms with van der Waals surface area (Å²) in [4.78, 5) is 15.4. The SMILES string of the molecule is CCOc1cn([C@H]2C[C@H](O)[C@@H](CO)O2)c(=O)nc1N. The lowest BCUT2D eigenvalue weighted by molar-refractivity contribution is -0.0460. The summed E-state index contributed by atoms with van der Waals surface area (Å²) in [7, 11) is 0. The van der Waals surface area contributed by atoms with Crippen LogP contribution in [0.4, 0.5) is 5.82 Å². The quantitative estimate of drug-likeness (QED) is 0.633. The van der Waals surface area contributed by atoms with E-state index in [1.807, 2.05) is 0 Å². The van der Waals surface area contributed by atoms with Crippen molar-refractivity contribution in [1.29, 1.82) is 0 Å². The van der Waals surface area contributed by atoms with Crippen molar-refractivity contribution in [1.82, 2.24) is 9.55 Å². The van der Waals surface area contributed by atoms with Crippen LogP contribution in [0.25, 0.3) is 0 Å². The average molecular weight is 271 g/mol. The minimum absolute atomic E-state index is 0.0142. The molecule has 19 heavy (non-hydrogen) atoms. The highest BCUT2D eigenvalue weighted by molar-refractivity contribution is 5.43. The minimum atomic E-state index is -0.824. The zero-order valence-electron chi connectivity index (χ0n) is 10.5. The summed E-state index contributed by atoms with van der Waals surface area (Å²) >= 11 is 0. The van der Waals surface area contributed by atoms with Gasteiger partial charge in [-0.05, 0) is 6.92 Å². The third-order valence-corrected chi connectivity index (χ3v) is 2.94. The topological polar surface area (TPSA) is 120 Å². The molecule has 0 aromatic carbocycles. The van der Waals surface area contributed by atoms with Crippen LogP contribution < -0.4 is 16.2 Å². The van der Waals surface area contributed by atoms with Crippen molar-refractivity contribution < 1.29 is 19.7 Å². The molecule has 3 atom stereocenters. The second-order valence-electron chi connectivity index (χ2n) is 4.23. The number of hydrogen-bond donors (Lipinski definition) is 3. The molecule has 0 saturated carbocycles. The van der Waals surface area contributed by atoms with Crippen molar-refractivity contribution in [2.45, 2.75) is 31.8 Å². The number of hydrogen-bond acceptors (Lipinski definition) is 7. The Morgan fingerprint density at radius 1 is 1.68 bits per heavy atom. The first-order valence-corrected chi connectivity index (χ1v) is 6.02. The van der Waals surface area contributed by atoms with Gasteiger partial charge in [-0.15, -0.1) is 0 Å². The van der Waals surface area contributed by atoms with Gasteiger partial charge in [0.1, 0.15) is 12.3 Å². The molecular formula is C11H17N3O5. The van der Waals surface area contributed by atoms with E-state index in [0.717, 1.165) is 0 Å². The fourth-order valence-electron chi connectivity index (χ4n) is 1.99. The molecule has 0 radical (unpaired) electrons. The first kappa shape index (κ1) is 13.8. The highest BCUT2D eigenvalue weighted by Gasteiger charge is 2.35. The Balaban J connectivity index is 2.30. The van der Waals surface area contributed by atoms with Crippen molar-refractivity contribution in [2.24, 2.45) is 0 Å². The van der Waals surface area contributed by atoms with Crippen molar-refractivity contribution >= 4 is 5.82 Å². The van der Waals surface area contributed by atoms with Crippen LogP contribution in [0.1, 0.15) is 19.6 Å². The highest BCUT2D eigenvalue weighted by Crippen LogP contribution is 2.28. The monoisotopic (exact) mass is 271 g/mol. The molecule has 0 spiro atoms. The lowest BCUT2D eigenvalue weighted by atomic mass is 10.2. The summed E-state index contributed by atoms with van der Waals surface area (Å²) < 4.78 is 11.9. The molecule has 2 heterocycles. The average Bonchev–Trinajstić information content (AvgIpc) is 2.74. The predicted octanol–water partition coefficient (Wildman–Crippen LogP) is -1.14. The van der Waals surface area contributed by atoms with Crippen LogP contribution in [0.2, 0.25) is 0 Å². The second-order valence-corrected chi connectivity index (χ2v) is 4.23. The molecule has 1 aromatic heterocycles. The highest BCUT2D eigenvalue weighted by atomic mass is 16.5. The van der Waals surface area contributed by atoms with Gasteiger partial charge in [-0.3, -0.25) is 4.57 Å². The van der Waals surface area contributed by atoms with Crippen LogP contribution in [0.3, 0.4) is 0 Å². The van der Waals surface area contributed by atoms with E-state index in [1.165, 1.54) is 10.8 Å². The van der Waals surface area contributed by atoms with Crippen LogP contribution in [-0.2, 0) is 4.74 Å². The Morgan fingerprint density at radius 3 is 3.00 bits per heavy atom. The molecule has 2 rings (SSSR count). The Labute approximate surface area is 109 Å². The Kier molecular flexibility index (Phi) is 4.03. The van der Waals surface area contributed by atoms with Crippen LogP contribution in [0.5, 0.6) is 5.75 Å². The predicted molar refractivity (Wildman–Crippen MR) is 65.7 cm³/mol. The normalized spacial score (nSPS) is 26.6. The molecule has 0 aliphatic carbocycles. The zero-order valence-corrected chi connectivity index (χ0v) is 10.5. The number of nitrogens with zero attached hydrogens (tertiary/aromatic N) is 2. The molecule has 0 bridgehead atoms. The number of anilines is 1. The number of nitrogen functional groups attached to an aromatic ring is 1. The maximum atomic E-state index is 11.8. The van der Waals surface area contributed by atoms with Gasteiger partial charge in [0.2, 0.25) is 0 Å². The van der Waals surface area contributed by atoms with Gasteiger partial charge < -0.3 is 25.4 Å². The molecule has 1 aliphatic heterocycles. The van der Waals surface area contributed by atoms with Crippen molar-refractivity contribution in [3.05, 3.63) is 16.7 Å². The van der Waals surface area contributed by atoms with Crippen LogP contribution in [0, 0.1) is 0 Å². The lowest BCUT2D eigenvalue weighted by Crippen LogP contribution is -2.28. The van der Waals surface area contributed by atoms with Gasteiger partial charge in [0.15, 0.2) is 11.6 Å². The van der Waals surface area contributed by atoms with E-state index in [1.54, 1.807) is 6.92 Å². The fraction of sp³-hybridized carbons (Fsp3) is 0.636. The number of aliphatic hydroxyl groups is 2. The van der Waals surface area contributed by atoms with Gasteiger partial charge in [-0.2, -0.15) is 4.98 Å². The first-order valence-electron chi connectivity index (χ1n) is 6.02. The van der Waals surface area contributed by atoms with Gasteiger partial charge in [-0.25, -0.2) is 4.79 Å². The van der Waals surface area contributed by atoms with E-state index in [4.69, 9.17) is 20.3 Å². The molecule has 106 valence electrons. The molecule has 1 aliphatic rings. The Morgan fingerprint density at radius 2 is 2.42 bits per heavy atom. The molecule has 8 heteroatoms. The molecule has 8 nitrogen and oxygen atoms in total. The summed E-state index contributed by atoms with van der Waals surface area (Å²) in [5, 5.41) is 18.7. The van der Waals surface area contributed by atoms with Crippen LogP contribution in [0.15, 0.2) is 11.0 Å². The molecule has 0 amide bonds. The Bertz CT molecular complexity index is 504. The van der Waals surface area contributed by atoms with E-state index < -0.39 is 24.1 Å². The van der Waals surface area contributed by atoms with E-state index in [-0.39, 0.29) is 24.6 Å². The van der Waals surface area contributed by atoms with Crippen LogP contribution >= 0.6 is 0 Å². The lowest BCUT2D eigenvalue weighted by Gasteiger charge is -2.16. The number of ether oxygens (including phenoxy) is 2. The van der Waals surface area contributed by atoms with Gasteiger partial charge in [0.25, 0.3) is 0 Å². The van der Waals surface area contributed by atoms with Crippen LogP contribution in [-0.4, -0.2) is 45.2 Å². The molecular weight excluding hydrogens is 254 g/mol. The molecule has 1 saturated heterocycles. The van der Waals surface area contributed by atoms with Crippen molar-refractivity contribution in [3.63, 3.8) is 0 Å². The maximum absolute atomic E-state index is 11.8. The standard InChI is InChI=1S/C11H17N3O5/c1-2-18-7-4-14(11(17)13-10(7)12)9-3-6(16)8(5-15)19-9/h4,6,8-9,15-16H,2-3,5H2,1H3,(H2,12,13,17)/t6-,8+,9+/m0/s1. The number of aliphatic hydroxyl groups excluding tert-OH is 2. The Hall–Kier alpha value is -1.64. The fourth-order valence-corrected chi connectivity index (χ4v) is 1.99. The van der Waals surface area contributed by atoms with E-state index in [9.17, 15) is 9.90 Å². The summed E-state index contributed by atoms with van der Waals surface area (Å²) in [5.74, 6) is 0.299. The minimum Gasteiger partial charge on any atom is -0.488 e. The van der Waals surface area contributed by atoms with E-state index in [2.05, 4.69) is 4.98 Å². The van der Waals surface area contributed by atoms with Crippen molar-refractivity contribution in [2.75, 3.05) is 18.9 Å². The third-order valence-electron chi connectivity index (χ3n) is 2.94. The largest absolute Gasteiger partial charge is 0.488 e. The van der Waals surface area contributed by atoms with E-state index in [0.29, 0.717) is 6.61 Å². The van der Waals surface area contributed by atoms with Gasteiger partial charge >= 0.3 is 5.69 Å². The summed E-state index contributed by atoms with van der Waals surface area (Å²) in [6, 6.07) is 0. The van der Waals surface area contributed by atoms with Gasteiger partial charge in [0, 0.05) is 6.42 Å². The number of rotatable bonds is 4. The molecule has 4 N–H and O–H groups in total. The third kappa shape index (κ3) is 2.70.